The number of ether oxygens (including phenoxy) is 1. The molecule has 3 aromatic rings. The van der Waals surface area contributed by atoms with E-state index in [9.17, 15) is 14.4 Å². The van der Waals surface area contributed by atoms with Crippen LogP contribution in [0.25, 0.3) is 10.9 Å². The maximum Gasteiger partial charge on any atom is 0.414 e. The van der Waals surface area contributed by atoms with Gasteiger partial charge in [-0.25, -0.2) is 4.79 Å². The summed E-state index contributed by atoms with van der Waals surface area (Å²) in [6.45, 7) is 0. The van der Waals surface area contributed by atoms with E-state index in [4.69, 9.17) is 16.3 Å². The Morgan fingerprint density at radius 1 is 1.00 bits per heavy atom. The topological polar surface area (TPSA) is 104 Å². The fraction of sp³-hybridized carbons (Fsp3) is 0.105. The van der Waals surface area contributed by atoms with Crippen LogP contribution >= 0.6 is 11.6 Å². The highest BCUT2D eigenvalue weighted by molar-refractivity contribution is 6.31. The van der Waals surface area contributed by atoms with Crippen LogP contribution in [0.15, 0.2) is 48.5 Å². The zero-order valence-corrected chi connectivity index (χ0v) is 15.8. The minimum atomic E-state index is -0.630. The molecule has 3 N–H and O–H groups in total. The van der Waals surface area contributed by atoms with Gasteiger partial charge in [-0.1, -0.05) is 23.7 Å². The van der Waals surface area contributed by atoms with Gasteiger partial charge in [0.1, 0.15) is 11.4 Å². The lowest BCUT2D eigenvalue weighted by molar-refractivity contribution is 0.0842. The van der Waals surface area contributed by atoms with Crippen molar-refractivity contribution in [3.63, 3.8) is 0 Å². The Morgan fingerprint density at radius 3 is 2.46 bits per heavy atom. The molecule has 0 unspecified atom stereocenters. The molecule has 1 aromatic heterocycles. The minimum absolute atomic E-state index is 0.0770. The van der Waals surface area contributed by atoms with Gasteiger partial charge in [-0.2, -0.15) is 0 Å². The summed E-state index contributed by atoms with van der Waals surface area (Å²) >= 11 is 5.94. The van der Waals surface area contributed by atoms with Gasteiger partial charge >= 0.3 is 6.09 Å². The lowest BCUT2D eigenvalue weighted by atomic mass is 10.2. The van der Waals surface area contributed by atoms with Crippen molar-refractivity contribution < 1.29 is 19.1 Å². The van der Waals surface area contributed by atoms with Gasteiger partial charge in [0.25, 0.3) is 11.8 Å². The van der Waals surface area contributed by atoms with Crippen molar-refractivity contribution in [1.29, 1.82) is 0 Å². The fourth-order valence-corrected chi connectivity index (χ4v) is 2.58. The molecule has 0 radical (unpaired) electrons. The van der Waals surface area contributed by atoms with E-state index in [-0.39, 0.29) is 17.0 Å². The summed E-state index contributed by atoms with van der Waals surface area (Å²) in [5.74, 6) is -1.09. The lowest BCUT2D eigenvalue weighted by Gasteiger charge is -2.13. The standard InChI is InChI=1S/C19H17ClN4O4/c1-24(2)19(27)28-16-6-4-3-5-13(16)17(25)22-23-18(26)15-10-11-9-12(20)7-8-14(11)21-15/h3-10,21H,1-2H3,(H,22,25)(H,23,26). The third-order valence-corrected chi connectivity index (χ3v) is 4.05. The molecule has 3 amide bonds. The van der Waals surface area contributed by atoms with Gasteiger partial charge in [-0.3, -0.25) is 20.4 Å². The Kier molecular flexibility index (Phi) is 5.51. The van der Waals surface area contributed by atoms with Crippen LogP contribution in [0.3, 0.4) is 0 Å². The number of amides is 3. The molecule has 0 bridgehead atoms. The van der Waals surface area contributed by atoms with Crippen molar-refractivity contribution >= 4 is 40.4 Å². The van der Waals surface area contributed by atoms with Crippen LogP contribution < -0.4 is 15.6 Å². The number of nitrogens with zero attached hydrogens (tertiary/aromatic N) is 1. The van der Waals surface area contributed by atoms with Gasteiger partial charge in [0, 0.05) is 30.0 Å². The first-order chi connectivity index (χ1) is 13.3. The molecule has 9 heteroatoms. The molecule has 2 aromatic carbocycles. The molecule has 8 nitrogen and oxygen atoms in total. The number of aromatic amines is 1. The van der Waals surface area contributed by atoms with Crippen molar-refractivity contribution in [2.75, 3.05) is 14.1 Å². The van der Waals surface area contributed by atoms with Crippen molar-refractivity contribution in [1.82, 2.24) is 20.7 Å². The molecule has 0 fully saturated rings. The maximum atomic E-state index is 12.4. The smallest absolute Gasteiger partial charge is 0.409 e. The van der Waals surface area contributed by atoms with E-state index in [0.29, 0.717) is 5.02 Å². The molecule has 3 rings (SSSR count). The Bertz CT molecular complexity index is 1060. The van der Waals surface area contributed by atoms with Gasteiger partial charge < -0.3 is 14.6 Å². The van der Waals surface area contributed by atoms with Crippen LogP contribution in [0.1, 0.15) is 20.8 Å². The second-order valence-corrected chi connectivity index (χ2v) is 6.52. The Hall–Kier alpha value is -3.52. The van der Waals surface area contributed by atoms with Gasteiger partial charge in [-0.05, 0) is 36.4 Å². The van der Waals surface area contributed by atoms with E-state index >= 15 is 0 Å². The maximum absolute atomic E-state index is 12.4. The monoisotopic (exact) mass is 400 g/mol. The number of H-pyrrole nitrogens is 1. The Morgan fingerprint density at radius 2 is 1.71 bits per heavy atom. The summed E-state index contributed by atoms with van der Waals surface area (Å²) in [6, 6.07) is 13.0. The molecule has 0 atom stereocenters. The van der Waals surface area contributed by atoms with Crippen molar-refractivity contribution in [3.05, 3.63) is 64.8 Å². The van der Waals surface area contributed by atoms with Gasteiger partial charge in [0.05, 0.1) is 5.56 Å². The lowest BCUT2D eigenvalue weighted by Crippen LogP contribution is -2.42. The van der Waals surface area contributed by atoms with E-state index < -0.39 is 17.9 Å². The minimum Gasteiger partial charge on any atom is -0.409 e. The highest BCUT2D eigenvalue weighted by Gasteiger charge is 2.17. The van der Waals surface area contributed by atoms with Crippen LogP contribution in [-0.4, -0.2) is 41.9 Å². The molecule has 0 aliphatic rings. The molecule has 0 aliphatic heterocycles. The number of carbonyl (C=O) groups excluding carboxylic acids is 3. The number of rotatable bonds is 3. The number of hydrazine groups is 1. The van der Waals surface area contributed by atoms with Crippen molar-refractivity contribution in [2.24, 2.45) is 0 Å². The van der Waals surface area contributed by atoms with Crippen LogP contribution in [-0.2, 0) is 0 Å². The number of carbonyl (C=O) groups is 3. The molecule has 144 valence electrons. The number of halogens is 1. The van der Waals surface area contributed by atoms with Crippen molar-refractivity contribution in [2.45, 2.75) is 0 Å². The molecule has 0 saturated carbocycles. The zero-order valence-electron chi connectivity index (χ0n) is 15.1. The van der Waals surface area contributed by atoms with Gasteiger partial charge in [0.15, 0.2) is 0 Å². The second-order valence-electron chi connectivity index (χ2n) is 6.08. The summed E-state index contributed by atoms with van der Waals surface area (Å²) < 4.78 is 5.17. The first-order valence-corrected chi connectivity index (χ1v) is 8.60. The average Bonchev–Trinajstić information content (AvgIpc) is 3.09. The Balaban J connectivity index is 1.69. The van der Waals surface area contributed by atoms with Crippen LogP contribution in [0.5, 0.6) is 5.75 Å². The molecular formula is C19H17ClN4O4. The summed E-state index contributed by atoms with van der Waals surface area (Å²) in [4.78, 5) is 40.6. The Labute approximate surface area is 165 Å². The molecule has 0 aliphatic carbocycles. The first kappa shape index (κ1) is 19.2. The van der Waals surface area contributed by atoms with E-state index in [0.717, 1.165) is 10.9 Å². The highest BCUT2D eigenvalue weighted by Crippen LogP contribution is 2.20. The zero-order chi connectivity index (χ0) is 20.3. The third kappa shape index (κ3) is 4.24. The number of benzene rings is 2. The van der Waals surface area contributed by atoms with Gasteiger partial charge in [-0.15, -0.1) is 0 Å². The average molecular weight is 401 g/mol. The summed E-state index contributed by atoms with van der Waals surface area (Å²) in [6.07, 6.45) is -0.624. The molecule has 1 heterocycles. The number of nitrogens with one attached hydrogen (secondary N) is 3. The largest absolute Gasteiger partial charge is 0.414 e. The first-order valence-electron chi connectivity index (χ1n) is 8.22. The quantitative estimate of drug-likeness (QED) is 0.588. The van der Waals surface area contributed by atoms with Crippen LogP contribution in [0, 0.1) is 0 Å². The summed E-state index contributed by atoms with van der Waals surface area (Å²) in [5, 5.41) is 1.32. The molecule has 0 spiro atoms. The van der Waals surface area contributed by atoms with Crippen molar-refractivity contribution in [3.8, 4) is 5.75 Å². The number of hydrogen-bond donors (Lipinski definition) is 3. The summed E-state index contributed by atoms with van der Waals surface area (Å²) in [7, 11) is 3.05. The second kappa shape index (κ2) is 8.01. The van der Waals surface area contributed by atoms with E-state index in [2.05, 4.69) is 15.8 Å². The molecule has 28 heavy (non-hydrogen) atoms. The predicted molar refractivity (Wildman–Crippen MR) is 104 cm³/mol. The molecular weight excluding hydrogens is 384 g/mol. The third-order valence-electron chi connectivity index (χ3n) is 3.81. The highest BCUT2D eigenvalue weighted by atomic mass is 35.5. The normalized spacial score (nSPS) is 10.4. The van der Waals surface area contributed by atoms with Gasteiger partial charge in [0.2, 0.25) is 0 Å². The van der Waals surface area contributed by atoms with Crippen LogP contribution in [0.2, 0.25) is 5.02 Å². The van der Waals surface area contributed by atoms with Crippen LogP contribution in [0.4, 0.5) is 4.79 Å². The molecule has 0 saturated heterocycles. The predicted octanol–water partition coefficient (Wildman–Crippen LogP) is 2.96. The van der Waals surface area contributed by atoms with E-state index in [1.165, 1.54) is 31.1 Å². The fourth-order valence-electron chi connectivity index (χ4n) is 2.40. The van der Waals surface area contributed by atoms with E-state index in [1.54, 1.807) is 36.4 Å². The van der Waals surface area contributed by atoms with E-state index in [1.807, 2.05) is 0 Å². The summed E-state index contributed by atoms with van der Waals surface area (Å²) in [5.41, 5.74) is 5.72. The number of fused-ring (bicyclic) bond motifs is 1. The number of para-hydroxylation sites is 1. The SMILES string of the molecule is CN(C)C(=O)Oc1ccccc1C(=O)NNC(=O)c1cc2cc(Cl)ccc2[nH]1. The number of hydrogen-bond acceptors (Lipinski definition) is 4. The number of aromatic nitrogens is 1.